The van der Waals surface area contributed by atoms with E-state index in [2.05, 4.69) is 20.5 Å². The van der Waals surface area contributed by atoms with Gasteiger partial charge in [-0.25, -0.2) is 4.68 Å². The largest absolute Gasteiger partial charge is 0.481 e. The van der Waals surface area contributed by atoms with Gasteiger partial charge in [0.1, 0.15) is 0 Å². The molecule has 9 heteroatoms. The minimum atomic E-state index is -0.220. The van der Waals surface area contributed by atoms with E-state index in [4.69, 9.17) is 4.74 Å². The van der Waals surface area contributed by atoms with E-state index in [1.165, 1.54) is 0 Å². The van der Waals surface area contributed by atoms with Gasteiger partial charge in [-0.3, -0.25) is 9.59 Å². The molecule has 2 atom stereocenters. The first-order valence-electron chi connectivity index (χ1n) is 8.42. The van der Waals surface area contributed by atoms with E-state index in [1.807, 2.05) is 20.3 Å². The number of likely N-dealkylation sites (N-methyl/N-ethyl adjacent to an activating group) is 1. The predicted molar refractivity (Wildman–Crippen MR) is 93.0 cm³/mol. The van der Waals surface area contributed by atoms with E-state index in [9.17, 15) is 9.59 Å². The van der Waals surface area contributed by atoms with Crippen molar-refractivity contribution in [3.8, 4) is 5.75 Å². The Morgan fingerprint density at radius 3 is 2.92 bits per heavy atom. The predicted octanol–water partition coefficient (Wildman–Crippen LogP) is 0.236. The van der Waals surface area contributed by atoms with Crippen LogP contribution in [0.3, 0.4) is 0 Å². The van der Waals surface area contributed by atoms with Gasteiger partial charge in [0.2, 0.25) is 0 Å². The molecule has 4 rings (SSSR count). The van der Waals surface area contributed by atoms with Gasteiger partial charge >= 0.3 is 0 Å². The summed E-state index contributed by atoms with van der Waals surface area (Å²) < 4.78 is 7.32. The molecule has 1 fully saturated rings. The molecule has 136 valence electrons. The smallest absolute Gasteiger partial charge is 0.262 e. The fraction of sp³-hybridized carbons (Fsp3) is 0.412. The van der Waals surface area contributed by atoms with Crippen molar-refractivity contribution in [2.45, 2.75) is 12.1 Å². The maximum atomic E-state index is 13.2. The lowest BCUT2D eigenvalue weighted by Gasteiger charge is -2.24. The van der Waals surface area contributed by atoms with Crippen LogP contribution in [0.1, 0.15) is 16.4 Å². The average molecular weight is 356 g/mol. The minimum absolute atomic E-state index is 0.0246. The summed E-state index contributed by atoms with van der Waals surface area (Å²) in [6.45, 7) is 1.02. The number of hydrogen-bond donors (Lipinski definition) is 1. The van der Waals surface area contributed by atoms with E-state index in [-0.39, 0.29) is 30.5 Å². The lowest BCUT2D eigenvalue weighted by atomic mass is 10.1. The highest BCUT2D eigenvalue weighted by molar-refractivity contribution is 6.03. The van der Waals surface area contributed by atoms with Gasteiger partial charge in [0, 0.05) is 19.3 Å². The number of benzene rings is 1. The van der Waals surface area contributed by atoms with Gasteiger partial charge in [0.25, 0.3) is 11.8 Å². The number of nitrogens with one attached hydrogen (secondary N) is 1. The second-order valence-electron chi connectivity index (χ2n) is 6.71. The number of fused-ring (bicyclic) bond motifs is 1. The van der Waals surface area contributed by atoms with Gasteiger partial charge in [-0.1, -0.05) is 11.3 Å². The van der Waals surface area contributed by atoms with Crippen LogP contribution < -0.4 is 10.1 Å². The number of aromatic nitrogens is 3. The summed E-state index contributed by atoms with van der Waals surface area (Å²) in [5, 5.41) is 10.7. The van der Waals surface area contributed by atoms with E-state index in [1.54, 1.807) is 34.0 Å². The molecular weight excluding hydrogens is 336 g/mol. The van der Waals surface area contributed by atoms with Crippen LogP contribution in [0.25, 0.3) is 0 Å². The molecule has 26 heavy (non-hydrogen) atoms. The molecule has 1 aromatic heterocycles. The summed E-state index contributed by atoms with van der Waals surface area (Å²) in [5.41, 5.74) is 0.988. The van der Waals surface area contributed by atoms with Gasteiger partial charge in [0.15, 0.2) is 12.4 Å². The van der Waals surface area contributed by atoms with Crippen LogP contribution in [0.15, 0.2) is 30.6 Å². The maximum absolute atomic E-state index is 13.2. The van der Waals surface area contributed by atoms with Crippen LogP contribution in [0.4, 0.5) is 5.69 Å². The Labute approximate surface area is 150 Å². The minimum Gasteiger partial charge on any atom is -0.481 e. The van der Waals surface area contributed by atoms with Gasteiger partial charge in [0.05, 0.1) is 29.5 Å². The number of likely N-dealkylation sites (tertiary alicyclic amines) is 1. The summed E-state index contributed by atoms with van der Waals surface area (Å²) >= 11 is 0. The van der Waals surface area contributed by atoms with Crippen molar-refractivity contribution >= 4 is 17.5 Å². The lowest BCUT2D eigenvalue weighted by Crippen LogP contribution is -2.37. The maximum Gasteiger partial charge on any atom is 0.262 e. The first-order chi connectivity index (χ1) is 12.5. The average Bonchev–Trinajstić information content (AvgIpc) is 3.29. The molecule has 1 aromatic carbocycles. The van der Waals surface area contributed by atoms with Crippen molar-refractivity contribution in [3.05, 3.63) is 36.2 Å². The van der Waals surface area contributed by atoms with Crippen molar-refractivity contribution in [3.63, 3.8) is 0 Å². The molecule has 1 N–H and O–H groups in total. The number of amides is 2. The number of carbonyl (C=O) groups is 2. The quantitative estimate of drug-likeness (QED) is 0.847. The molecule has 0 unspecified atom stereocenters. The second kappa shape index (κ2) is 6.41. The van der Waals surface area contributed by atoms with Crippen LogP contribution >= 0.6 is 0 Å². The van der Waals surface area contributed by atoms with Crippen LogP contribution in [0.2, 0.25) is 0 Å². The first kappa shape index (κ1) is 16.5. The zero-order valence-electron chi connectivity index (χ0n) is 14.6. The summed E-state index contributed by atoms with van der Waals surface area (Å²) in [6.07, 6.45) is 3.46. The normalized spacial score (nSPS) is 22.1. The number of anilines is 1. The van der Waals surface area contributed by atoms with Crippen LogP contribution in [0.5, 0.6) is 5.75 Å². The Bertz CT molecular complexity index is 835. The summed E-state index contributed by atoms with van der Waals surface area (Å²) in [4.78, 5) is 28.5. The molecule has 0 saturated carbocycles. The Morgan fingerprint density at radius 2 is 2.19 bits per heavy atom. The van der Waals surface area contributed by atoms with Gasteiger partial charge in [-0.05, 0) is 26.2 Å². The van der Waals surface area contributed by atoms with Crippen LogP contribution in [0, 0.1) is 0 Å². The zero-order chi connectivity index (χ0) is 18.3. The van der Waals surface area contributed by atoms with E-state index < -0.39 is 0 Å². The molecule has 2 aromatic rings. The van der Waals surface area contributed by atoms with Crippen molar-refractivity contribution < 1.29 is 14.3 Å². The Balaban J connectivity index is 1.61. The molecule has 2 amide bonds. The number of para-hydroxylation sites is 1. The molecule has 2 aliphatic heterocycles. The molecule has 9 nitrogen and oxygen atoms in total. The fourth-order valence-electron chi connectivity index (χ4n) is 3.55. The number of carbonyl (C=O) groups excluding carboxylic acids is 2. The first-order valence-corrected chi connectivity index (χ1v) is 8.42. The Morgan fingerprint density at radius 1 is 1.35 bits per heavy atom. The van der Waals surface area contributed by atoms with Crippen LogP contribution in [-0.4, -0.2) is 76.4 Å². The van der Waals surface area contributed by atoms with E-state index >= 15 is 0 Å². The molecule has 3 heterocycles. The van der Waals surface area contributed by atoms with Crippen molar-refractivity contribution in [1.29, 1.82) is 0 Å². The summed E-state index contributed by atoms with van der Waals surface area (Å²) in [6, 6.07) is 5.35. The van der Waals surface area contributed by atoms with Crippen molar-refractivity contribution in [2.24, 2.45) is 0 Å². The molecule has 0 bridgehead atoms. The van der Waals surface area contributed by atoms with Crippen molar-refractivity contribution in [2.75, 3.05) is 39.1 Å². The van der Waals surface area contributed by atoms with Gasteiger partial charge in [-0.2, -0.15) is 0 Å². The van der Waals surface area contributed by atoms with Crippen molar-refractivity contribution in [1.82, 2.24) is 24.8 Å². The Hall–Kier alpha value is -2.94. The van der Waals surface area contributed by atoms with E-state index in [0.29, 0.717) is 30.1 Å². The highest BCUT2D eigenvalue weighted by Crippen LogP contribution is 2.34. The Kier molecular flexibility index (Phi) is 4.08. The molecular formula is C17H20N6O3. The summed E-state index contributed by atoms with van der Waals surface area (Å²) in [5.74, 6) is 0.0948. The van der Waals surface area contributed by atoms with Crippen LogP contribution in [-0.2, 0) is 4.79 Å². The second-order valence-corrected chi connectivity index (χ2v) is 6.71. The standard InChI is InChI=1S/C17H20N6O3/c1-21(2)13-8-22(9-14(13)23-7-6-18-20-23)17(25)11-4-3-5-12-16(11)26-10-15(24)19-12/h3-7,13-14H,8-10H2,1-2H3,(H,19,24)/t13-,14+/m1/s1. The van der Waals surface area contributed by atoms with Gasteiger partial charge < -0.3 is 19.9 Å². The highest BCUT2D eigenvalue weighted by atomic mass is 16.5. The van der Waals surface area contributed by atoms with Gasteiger partial charge in [-0.15, -0.1) is 5.10 Å². The van der Waals surface area contributed by atoms with E-state index in [0.717, 1.165) is 0 Å². The SMILES string of the molecule is CN(C)[C@@H]1CN(C(=O)c2cccc3c2OCC(=O)N3)C[C@@H]1n1ccnn1. The monoisotopic (exact) mass is 356 g/mol. The highest BCUT2D eigenvalue weighted by Gasteiger charge is 2.39. The molecule has 0 spiro atoms. The number of hydrogen-bond acceptors (Lipinski definition) is 6. The fourth-order valence-corrected chi connectivity index (χ4v) is 3.55. The number of ether oxygens (including phenoxy) is 1. The molecule has 2 aliphatic rings. The third-order valence-corrected chi connectivity index (χ3v) is 4.86. The third-order valence-electron chi connectivity index (χ3n) is 4.86. The lowest BCUT2D eigenvalue weighted by molar-refractivity contribution is -0.118. The number of nitrogens with zero attached hydrogens (tertiary/aromatic N) is 5. The zero-order valence-corrected chi connectivity index (χ0v) is 14.6. The molecule has 0 aliphatic carbocycles. The molecule has 0 radical (unpaired) electrons. The number of rotatable bonds is 3. The molecule has 1 saturated heterocycles. The topological polar surface area (TPSA) is 92.6 Å². The third kappa shape index (κ3) is 2.80. The summed E-state index contributed by atoms with van der Waals surface area (Å²) in [7, 11) is 3.98.